The molecule has 4 heterocycles. The van der Waals surface area contributed by atoms with Crippen molar-refractivity contribution in [3.05, 3.63) is 18.0 Å². The molecular formula is C18H28N6O. The van der Waals surface area contributed by atoms with E-state index in [1.807, 2.05) is 35.6 Å². The predicted molar refractivity (Wildman–Crippen MR) is 97.1 cm³/mol. The van der Waals surface area contributed by atoms with Crippen molar-refractivity contribution in [2.75, 3.05) is 51.8 Å². The van der Waals surface area contributed by atoms with Crippen molar-refractivity contribution < 1.29 is 4.74 Å². The molecule has 0 spiro atoms. The van der Waals surface area contributed by atoms with Gasteiger partial charge in [-0.3, -0.25) is 0 Å². The number of anilines is 1. The van der Waals surface area contributed by atoms with Gasteiger partial charge in [0.05, 0.1) is 0 Å². The van der Waals surface area contributed by atoms with Crippen LogP contribution in [-0.2, 0) is 4.74 Å². The molecule has 0 aliphatic carbocycles. The Kier molecular flexibility index (Phi) is 4.85. The third-order valence-corrected chi connectivity index (χ3v) is 5.54. The Labute approximate surface area is 149 Å². The minimum absolute atomic E-state index is 0.450. The summed E-state index contributed by atoms with van der Waals surface area (Å²) in [6.07, 6.45) is 4.70. The van der Waals surface area contributed by atoms with E-state index in [1.54, 1.807) is 0 Å². The van der Waals surface area contributed by atoms with Gasteiger partial charge in [0, 0.05) is 39.8 Å². The summed E-state index contributed by atoms with van der Waals surface area (Å²) in [4.78, 5) is 4.63. The van der Waals surface area contributed by atoms with Crippen LogP contribution in [0, 0.1) is 5.92 Å². The van der Waals surface area contributed by atoms with Crippen molar-refractivity contribution in [1.82, 2.24) is 24.7 Å². The van der Waals surface area contributed by atoms with Crippen LogP contribution in [0.2, 0.25) is 0 Å². The molecule has 0 atom stereocenters. The Morgan fingerprint density at radius 2 is 1.84 bits per heavy atom. The standard InChI is InChI=1S/C18H28N6O/c1-22(2)17-4-3-16-19-20-18(24(16)21-17)15-5-9-23(10-6-15)13-14-7-11-25-12-8-14/h3-4,14-15H,5-13H2,1-2H3. The van der Waals surface area contributed by atoms with E-state index in [9.17, 15) is 0 Å². The normalized spacial score (nSPS) is 21.0. The number of piperidine rings is 1. The van der Waals surface area contributed by atoms with E-state index in [1.165, 1.54) is 19.4 Å². The zero-order valence-corrected chi connectivity index (χ0v) is 15.3. The van der Waals surface area contributed by atoms with Crippen molar-refractivity contribution >= 4 is 11.5 Å². The first-order valence-corrected chi connectivity index (χ1v) is 9.40. The zero-order chi connectivity index (χ0) is 17.2. The van der Waals surface area contributed by atoms with Gasteiger partial charge in [0.2, 0.25) is 0 Å². The molecule has 0 bridgehead atoms. The summed E-state index contributed by atoms with van der Waals surface area (Å²) in [7, 11) is 4.01. The third kappa shape index (κ3) is 3.62. The maximum atomic E-state index is 5.48. The highest BCUT2D eigenvalue weighted by Gasteiger charge is 2.27. The van der Waals surface area contributed by atoms with E-state index in [-0.39, 0.29) is 0 Å². The lowest BCUT2D eigenvalue weighted by atomic mass is 9.93. The van der Waals surface area contributed by atoms with Crippen LogP contribution in [0.5, 0.6) is 0 Å². The Morgan fingerprint density at radius 3 is 2.56 bits per heavy atom. The molecule has 0 unspecified atom stereocenters. The average molecular weight is 344 g/mol. The Hall–Kier alpha value is -1.73. The molecule has 2 fully saturated rings. The van der Waals surface area contributed by atoms with E-state index >= 15 is 0 Å². The second kappa shape index (κ2) is 7.25. The predicted octanol–water partition coefficient (Wildman–Crippen LogP) is 1.80. The van der Waals surface area contributed by atoms with Gasteiger partial charge in [-0.05, 0) is 56.8 Å². The lowest BCUT2D eigenvalue weighted by molar-refractivity contribution is 0.0486. The summed E-state index contributed by atoms with van der Waals surface area (Å²) >= 11 is 0. The highest BCUT2D eigenvalue weighted by atomic mass is 16.5. The summed E-state index contributed by atoms with van der Waals surface area (Å²) in [5, 5.41) is 13.5. The molecule has 2 saturated heterocycles. The molecule has 0 amide bonds. The van der Waals surface area contributed by atoms with Crippen LogP contribution in [0.15, 0.2) is 12.1 Å². The fourth-order valence-corrected chi connectivity index (χ4v) is 3.96. The number of nitrogens with zero attached hydrogens (tertiary/aromatic N) is 6. The van der Waals surface area contributed by atoms with Gasteiger partial charge in [-0.15, -0.1) is 15.3 Å². The smallest absolute Gasteiger partial charge is 0.178 e. The first kappa shape index (κ1) is 16.7. The molecule has 0 aromatic carbocycles. The molecule has 0 saturated carbocycles. The maximum absolute atomic E-state index is 5.48. The molecule has 4 rings (SSSR count). The van der Waals surface area contributed by atoms with Crippen LogP contribution in [0.1, 0.15) is 37.4 Å². The zero-order valence-electron chi connectivity index (χ0n) is 15.3. The van der Waals surface area contributed by atoms with Crippen molar-refractivity contribution in [3.8, 4) is 0 Å². The summed E-state index contributed by atoms with van der Waals surface area (Å²) < 4.78 is 7.41. The van der Waals surface area contributed by atoms with Gasteiger partial charge in [0.25, 0.3) is 0 Å². The summed E-state index contributed by atoms with van der Waals surface area (Å²) in [6, 6.07) is 3.99. The Morgan fingerprint density at radius 1 is 1.08 bits per heavy atom. The fraction of sp³-hybridized carbons (Fsp3) is 0.722. The number of fused-ring (bicyclic) bond motifs is 1. The molecule has 7 heteroatoms. The van der Waals surface area contributed by atoms with Gasteiger partial charge in [-0.2, -0.15) is 4.52 Å². The second-order valence-corrected chi connectivity index (χ2v) is 7.54. The van der Waals surface area contributed by atoms with Crippen molar-refractivity contribution in [2.45, 2.75) is 31.6 Å². The van der Waals surface area contributed by atoms with Crippen molar-refractivity contribution in [1.29, 1.82) is 0 Å². The van der Waals surface area contributed by atoms with Gasteiger partial charge in [0.15, 0.2) is 11.5 Å². The van der Waals surface area contributed by atoms with Gasteiger partial charge in [-0.25, -0.2) is 0 Å². The number of hydrogen-bond acceptors (Lipinski definition) is 6. The van der Waals surface area contributed by atoms with Gasteiger partial charge in [0.1, 0.15) is 5.82 Å². The third-order valence-electron chi connectivity index (χ3n) is 5.54. The van der Waals surface area contributed by atoms with Crippen LogP contribution in [-0.4, -0.2) is 71.7 Å². The SMILES string of the molecule is CN(C)c1ccc2nnc(C3CCN(CC4CCOCC4)CC3)n2n1. The molecule has 2 aromatic rings. The number of aromatic nitrogens is 4. The number of rotatable bonds is 4. The summed E-state index contributed by atoms with van der Waals surface area (Å²) in [6.45, 7) is 5.38. The van der Waals surface area contributed by atoms with Crippen LogP contribution in [0.3, 0.4) is 0 Å². The molecule has 2 aliphatic rings. The summed E-state index contributed by atoms with van der Waals surface area (Å²) in [5.41, 5.74) is 0.838. The molecule has 2 aromatic heterocycles. The van der Waals surface area contributed by atoms with Gasteiger partial charge in [-0.1, -0.05) is 0 Å². The number of ether oxygens (including phenoxy) is 1. The highest BCUT2D eigenvalue weighted by Crippen LogP contribution is 2.28. The first-order valence-electron chi connectivity index (χ1n) is 9.40. The molecule has 7 nitrogen and oxygen atoms in total. The van der Waals surface area contributed by atoms with Crippen LogP contribution in [0.25, 0.3) is 5.65 Å². The van der Waals surface area contributed by atoms with Crippen molar-refractivity contribution in [3.63, 3.8) is 0 Å². The minimum Gasteiger partial charge on any atom is -0.381 e. The monoisotopic (exact) mass is 344 g/mol. The Bertz CT molecular complexity index is 701. The van der Waals surface area contributed by atoms with Crippen LogP contribution in [0.4, 0.5) is 5.82 Å². The molecule has 2 aliphatic heterocycles. The maximum Gasteiger partial charge on any atom is 0.178 e. The largest absolute Gasteiger partial charge is 0.381 e. The first-order chi connectivity index (χ1) is 12.2. The van der Waals surface area contributed by atoms with E-state index in [0.717, 1.165) is 62.4 Å². The average Bonchev–Trinajstić information content (AvgIpc) is 3.06. The minimum atomic E-state index is 0.450. The number of likely N-dealkylation sites (tertiary alicyclic amines) is 1. The van der Waals surface area contributed by atoms with Gasteiger partial charge < -0.3 is 14.5 Å². The molecule has 0 N–H and O–H groups in total. The topological polar surface area (TPSA) is 58.8 Å². The number of hydrogen-bond donors (Lipinski definition) is 0. The fourth-order valence-electron chi connectivity index (χ4n) is 3.96. The van der Waals surface area contributed by atoms with Crippen molar-refractivity contribution in [2.24, 2.45) is 5.92 Å². The molecular weight excluding hydrogens is 316 g/mol. The molecule has 25 heavy (non-hydrogen) atoms. The highest BCUT2D eigenvalue weighted by molar-refractivity contribution is 5.45. The lowest BCUT2D eigenvalue weighted by Gasteiger charge is -2.34. The summed E-state index contributed by atoms with van der Waals surface area (Å²) in [5.74, 6) is 3.21. The van der Waals surface area contributed by atoms with Gasteiger partial charge >= 0.3 is 0 Å². The van der Waals surface area contributed by atoms with Crippen LogP contribution < -0.4 is 4.90 Å². The van der Waals surface area contributed by atoms with E-state index in [2.05, 4.69) is 15.1 Å². The lowest BCUT2D eigenvalue weighted by Crippen LogP contribution is -2.38. The van der Waals surface area contributed by atoms with Crippen LogP contribution >= 0.6 is 0 Å². The Balaban J connectivity index is 1.42. The van der Waals surface area contributed by atoms with E-state index < -0.39 is 0 Å². The molecule has 0 radical (unpaired) electrons. The second-order valence-electron chi connectivity index (χ2n) is 7.54. The quantitative estimate of drug-likeness (QED) is 0.843. The molecule has 136 valence electrons. The van der Waals surface area contributed by atoms with E-state index in [0.29, 0.717) is 5.92 Å². The van der Waals surface area contributed by atoms with E-state index in [4.69, 9.17) is 9.84 Å².